The van der Waals surface area contributed by atoms with E-state index in [1.165, 1.54) is 56.1 Å². The lowest BCUT2D eigenvalue weighted by Gasteiger charge is -2.58. The van der Waals surface area contributed by atoms with Gasteiger partial charge in [-0.05, 0) is 104 Å². The van der Waals surface area contributed by atoms with E-state index >= 15 is 0 Å². The highest BCUT2D eigenvalue weighted by molar-refractivity contribution is 5.73. The van der Waals surface area contributed by atoms with Crippen LogP contribution in [-0.4, -0.2) is 24.8 Å². The zero-order valence-corrected chi connectivity index (χ0v) is 18.5. The van der Waals surface area contributed by atoms with E-state index in [0.717, 1.165) is 42.6 Å². The van der Waals surface area contributed by atoms with Crippen LogP contribution in [0.4, 0.5) is 0 Å². The van der Waals surface area contributed by atoms with Crippen LogP contribution in [-0.2, 0) is 4.74 Å². The van der Waals surface area contributed by atoms with Gasteiger partial charge in [0.2, 0.25) is 0 Å². The number of rotatable bonds is 3. The third-order valence-electron chi connectivity index (χ3n) is 9.38. The molecule has 0 N–H and O–H groups in total. The van der Waals surface area contributed by atoms with E-state index in [1.807, 2.05) is 13.1 Å². The van der Waals surface area contributed by atoms with Crippen molar-refractivity contribution in [1.29, 1.82) is 0 Å². The molecule has 5 rings (SSSR count). The predicted octanol–water partition coefficient (Wildman–Crippen LogP) is 6.14. The number of aromatic nitrogens is 1. The second kappa shape index (κ2) is 7.41. The summed E-state index contributed by atoms with van der Waals surface area (Å²) in [5.41, 5.74) is 3.59. The zero-order valence-electron chi connectivity index (χ0n) is 18.5. The first-order valence-corrected chi connectivity index (χ1v) is 11.9. The van der Waals surface area contributed by atoms with E-state index in [4.69, 9.17) is 9.47 Å². The maximum atomic E-state index is 5.91. The van der Waals surface area contributed by atoms with Crippen molar-refractivity contribution in [2.75, 3.05) is 19.8 Å². The first kappa shape index (κ1) is 19.6. The largest absolute Gasteiger partial charge is 0.492 e. The van der Waals surface area contributed by atoms with Gasteiger partial charge in [0, 0.05) is 19.4 Å². The summed E-state index contributed by atoms with van der Waals surface area (Å²) in [7, 11) is 0. The Balaban J connectivity index is 1.42. The smallest absolute Gasteiger partial charge is 0.138 e. The summed E-state index contributed by atoms with van der Waals surface area (Å²) < 4.78 is 11.7. The zero-order chi connectivity index (χ0) is 20.1. The molecule has 0 aromatic carbocycles. The molecular formula is C26H37NO2. The summed E-state index contributed by atoms with van der Waals surface area (Å²) >= 11 is 0. The van der Waals surface area contributed by atoms with Gasteiger partial charge in [-0.1, -0.05) is 19.9 Å². The molecule has 3 heteroatoms. The van der Waals surface area contributed by atoms with Gasteiger partial charge in [0.15, 0.2) is 0 Å². The Hall–Kier alpha value is -1.35. The highest BCUT2D eigenvalue weighted by atomic mass is 16.5. The summed E-state index contributed by atoms with van der Waals surface area (Å²) in [6.07, 6.45) is 15.7. The quantitative estimate of drug-likeness (QED) is 0.616. The molecule has 1 saturated heterocycles. The Labute approximate surface area is 176 Å². The van der Waals surface area contributed by atoms with Crippen molar-refractivity contribution >= 4 is 5.57 Å². The minimum absolute atomic E-state index is 0.290. The number of hydrogen-bond acceptors (Lipinski definition) is 3. The van der Waals surface area contributed by atoms with Gasteiger partial charge in [-0.3, -0.25) is 4.98 Å². The molecule has 4 aliphatic rings. The van der Waals surface area contributed by atoms with Crippen molar-refractivity contribution in [3.63, 3.8) is 0 Å². The lowest BCUT2D eigenvalue weighted by Crippen LogP contribution is -2.51. The summed E-state index contributed by atoms with van der Waals surface area (Å²) in [6, 6.07) is 2.21. The number of pyridine rings is 1. The average Bonchev–Trinajstić information content (AvgIpc) is 2.94. The molecule has 2 heterocycles. The molecule has 3 fully saturated rings. The van der Waals surface area contributed by atoms with Crippen LogP contribution in [0.3, 0.4) is 0 Å². The van der Waals surface area contributed by atoms with Crippen molar-refractivity contribution in [3.8, 4) is 5.75 Å². The van der Waals surface area contributed by atoms with Crippen LogP contribution in [0.5, 0.6) is 5.75 Å². The SMILES string of the molecule is CCOc1cncc(C2=CC[C@H]3[C@@H]4CC[C@H]5CCOCC[C@]5(C)[C@H]4CC[C@]23C)c1. The lowest BCUT2D eigenvalue weighted by molar-refractivity contribution is -0.0798. The maximum absolute atomic E-state index is 5.91. The highest BCUT2D eigenvalue weighted by Crippen LogP contribution is 2.66. The van der Waals surface area contributed by atoms with Gasteiger partial charge in [-0.2, -0.15) is 0 Å². The van der Waals surface area contributed by atoms with E-state index < -0.39 is 0 Å². The maximum Gasteiger partial charge on any atom is 0.138 e. The van der Waals surface area contributed by atoms with Gasteiger partial charge in [-0.15, -0.1) is 0 Å². The van der Waals surface area contributed by atoms with E-state index in [9.17, 15) is 0 Å². The summed E-state index contributed by atoms with van der Waals surface area (Å²) in [5.74, 6) is 4.30. The number of fused-ring (bicyclic) bond motifs is 5. The second-order valence-electron chi connectivity index (χ2n) is 10.5. The van der Waals surface area contributed by atoms with Crippen LogP contribution in [0.15, 0.2) is 24.5 Å². The summed E-state index contributed by atoms with van der Waals surface area (Å²) in [5, 5.41) is 0. The normalized spacial score (nSPS) is 41.6. The van der Waals surface area contributed by atoms with E-state index in [0.29, 0.717) is 12.0 Å². The Morgan fingerprint density at radius 1 is 1.07 bits per heavy atom. The summed E-state index contributed by atoms with van der Waals surface area (Å²) in [4.78, 5) is 4.49. The number of nitrogens with zero attached hydrogens (tertiary/aromatic N) is 1. The number of ether oxygens (including phenoxy) is 2. The molecule has 0 unspecified atom stereocenters. The van der Waals surface area contributed by atoms with Crippen LogP contribution < -0.4 is 4.74 Å². The highest BCUT2D eigenvalue weighted by Gasteiger charge is 2.57. The fourth-order valence-corrected chi connectivity index (χ4v) is 7.84. The number of hydrogen-bond donors (Lipinski definition) is 0. The number of allylic oxidation sites excluding steroid dienone is 2. The molecule has 158 valence electrons. The van der Waals surface area contributed by atoms with Gasteiger partial charge < -0.3 is 9.47 Å². The minimum Gasteiger partial charge on any atom is -0.492 e. The molecule has 1 aromatic heterocycles. The summed E-state index contributed by atoms with van der Waals surface area (Å²) in [6.45, 7) is 9.84. The van der Waals surface area contributed by atoms with Crippen LogP contribution in [0, 0.1) is 34.5 Å². The molecule has 1 aliphatic heterocycles. The monoisotopic (exact) mass is 395 g/mol. The van der Waals surface area contributed by atoms with Crippen molar-refractivity contribution in [1.82, 2.24) is 4.98 Å². The van der Waals surface area contributed by atoms with Crippen molar-refractivity contribution in [2.45, 2.75) is 65.7 Å². The van der Waals surface area contributed by atoms with Crippen LogP contribution in [0.1, 0.15) is 71.3 Å². The van der Waals surface area contributed by atoms with Crippen molar-refractivity contribution in [3.05, 3.63) is 30.1 Å². The average molecular weight is 396 g/mol. The second-order valence-corrected chi connectivity index (χ2v) is 10.5. The van der Waals surface area contributed by atoms with Gasteiger partial charge >= 0.3 is 0 Å². The van der Waals surface area contributed by atoms with Crippen molar-refractivity contribution < 1.29 is 9.47 Å². The molecule has 0 bridgehead atoms. The molecule has 0 radical (unpaired) electrons. The minimum atomic E-state index is 0.290. The Morgan fingerprint density at radius 3 is 2.83 bits per heavy atom. The molecule has 1 aromatic rings. The van der Waals surface area contributed by atoms with Gasteiger partial charge in [0.05, 0.1) is 12.8 Å². The molecule has 6 atom stereocenters. The van der Waals surface area contributed by atoms with E-state index in [-0.39, 0.29) is 5.41 Å². The standard InChI is InChI=1S/C26H37NO2/c1-4-29-20-15-18(16-27-17-20)22-7-8-23-21-6-5-19-10-13-28-14-12-25(19,2)24(21)9-11-26(22,23)3/h7,15-17,19,21,23-24H,4-6,8-14H2,1-3H3/t19-,21-,23-,24-,25-,26+/m0/s1. The fourth-order valence-electron chi connectivity index (χ4n) is 7.84. The lowest BCUT2D eigenvalue weighted by atomic mass is 9.46. The molecule has 29 heavy (non-hydrogen) atoms. The molecule has 3 nitrogen and oxygen atoms in total. The third kappa shape index (κ3) is 3.07. The Bertz CT molecular complexity index is 789. The van der Waals surface area contributed by atoms with Crippen LogP contribution >= 0.6 is 0 Å². The van der Waals surface area contributed by atoms with Gasteiger partial charge in [0.25, 0.3) is 0 Å². The first-order chi connectivity index (χ1) is 14.1. The first-order valence-electron chi connectivity index (χ1n) is 11.9. The topological polar surface area (TPSA) is 31.4 Å². The van der Waals surface area contributed by atoms with Crippen LogP contribution in [0.25, 0.3) is 5.57 Å². The molecular weight excluding hydrogens is 358 g/mol. The van der Waals surface area contributed by atoms with Crippen molar-refractivity contribution in [2.24, 2.45) is 34.5 Å². The van der Waals surface area contributed by atoms with E-state index in [2.05, 4.69) is 37.2 Å². The van der Waals surface area contributed by atoms with Crippen LogP contribution in [0.2, 0.25) is 0 Å². The predicted molar refractivity (Wildman–Crippen MR) is 117 cm³/mol. The molecule has 2 saturated carbocycles. The Morgan fingerprint density at radius 2 is 1.97 bits per heavy atom. The Kier molecular flexibility index (Phi) is 5.01. The van der Waals surface area contributed by atoms with E-state index in [1.54, 1.807) is 0 Å². The molecule has 3 aliphatic carbocycles. The van der Waals surface area contributed by atoms with Gasteiger partial charge in [-0.25, -0.2) is 0 Å². The van der Waals surface area contributed by atoms with Gasteiger partial charge in [0.1, 0.15) is 5.75 Å². The fraction of sp³-hybridized carbons (Fsp3) is 0.731. The molecule has 0 spiro atoms. The molecule has 0 amide bonds. The third-order valence-corrected chi connectivity index (χ3v) is 9.38.